The number of hydrogen-bond donors (Lipinski definition) is 2. The van der Waals surface area contributed by atoms with Gasteiger partial charge in [-0.05, 0) is 48.0 Å². The maximum Gasteiger partial charge on any atom is 0.199 e. The van der Waals surface area contributed by atoms with Crippen molar-refractivity contribution in [3.63, 3.8) is 0 Å². The number of aromatic nitrogens is 2. The van der Waals surface area contributed by atoms with Gasteiger partial charge in [0.25, 0.3) is 0 Å². The van der Waals surface area contributed by atoms with Crippen LogP contribution in [0.2, 0.25) is 0 Å². The highest BCUT2D eigenvalue weighted by Crippen LogP contribution is 2.44. The molecule has 2 aromatic carbocycles. The Morgan fingerprint density at radius 3 is 2.75 bits per heavy atom. The minimum atomic E-state index is 0.487. The molecule has 0 saturated heterocycles. The predicted octanol–water partition coefficient (Wildman–Crippen LogP) is 4.94. The summed E-state index contributed by atoms with van der Waals surface area (Å²) in [6.07, 6.45) is 2.61. The number of hydrogen-bond acceptors (Lipinski definition) is 4. The lowest BCUT2D eigenvalue weighted by Gasteiger charge is -2.14. The topological polar surface area (TPSA) is 49.9 Å². The molecule has 5 rings (SSSR count). The normalized spacial score (nSPS) is 16.3. The van der Waals surface area contributed by atoms with Crippen molar-refractivity contribution in [1.82, 2.24) is 9.97 Å². The molecule has 0 unspecified atom stereocenters. The van der Waals surface area contributed by atoms with Crippen molar-refractivity contribution in [2.75, 3.05) is 5.32 Å². The van der Waals surface area contributed by atoms with Crippen LogP contribution < -0.4 is 5.32 Å². The Labute approximate surface area is 144 Å². The third-order valence-corrected chi connectivity index (χ3v) is 5.04. The van der Waals surface area contributed by atoms with Crippen LogP contribution >= 0.6 is 12.2 Å². The van der Waals surface area contributed by atoms with E-state index < -0.39 is 0 Å². The van der Waals surface area contributed by atoms with Crippen molar-refractivity contribution in [2.45, 2.75) is 32.0 Å². The van der Waals surface area contributed by atoms with E-state index in [0.29, 0.717) is 18.0 Å². The van der Waals surface area contributed by atoms with E-state index in [1.54, 1.807) is 0 Å². The second kappa shape index (κ2) is 5.40. The fourth-order valence-corrected chi connectivity index (χ4v) is 3.71. The van der Waals surface area contributed by atoms with Gasteiger partial charge < -0.3 is 15.0 Å². The molecule has 0 amide bonds. The molecule has 2 heterocycles. The molecular weight excluding hydrogens is 318 g/mol. The first-order chi connectivity index (χ1) is 11.8. The summed E-state index contributed by atoms with van der Waals surface area (Å²) in [4.78, 5) is 7.61. The molecule has 2 N–H and O–H groups in total. The van der Waals surface area contributed by atoms with Crippen LogP contribution in [-0.2, 0) is 18.0 Å². The second-order valence-corrected chi connectivity index (χ2v) is 6.87. The number of nitrogens with zero attached hydrogens (tertiary/aromatic N) is 1. The number of fused-ring (bicyclic) bond motifs is 2. The third-order valence-electron chi connectivity index (χ3n) is 4.84. The molecule has 3 aromatic rings. The molecule has 4 nitrogen and oxygen atoms in total. The van der Waals surface area contributed by atoms with Crippen LogP contribution in [0.4, 0.5) is 11.5 Å². The van der Waals surface area contributed by atoms with Gasteiger partial charge in [0.05, 0.1) is 18.9 Å². The van der Waals surface area contributed by atoms with Crippen LogP contribution in [-0.4, -0.2) is 9.97 Å². The number of ether oxygens (including phenoxy) is 1. The van der Waals surface area contributed by atoms with Crippen molar-refractivity contribution in [1.29, 1.82) is 0 Å². The van der Waals surface area contributed by atoms with Crippen LogP contribution in [0.15, 0.2) is 36.4 Å². The standard InChI is InChI=1S/C19H17N3OS/c24-19-21-17-10-23-9-15(17)18(22-19)20-16-8-7-12(11-5-6-11)13-3-1-2-4-14(13)16/h1-4,7-8,11H,5-6,9-10H2,(H2,20,21,22,24). The minimum absolute atomic E-state index is 0.487. The molecule has 0 atom stereocenters. The summed E-state index contributed by atoms with van der Waals surface area (Å²) in [5, 5.41) is 6.06. The zero-order valence-electron chi connectivity index (χ0n) is 13.1. The lowest BCUT2D eigenvalue weighted by atomic mass is 9.99. The third kappa shape index (κ3) is 2.32. The van der Waals surface area contributed by atoms with Crippen molar-refractivity contribution in [3.05, 3.63) is 58.0 Å². The lowest BCUT2D eigenvalue weighted by molar-refractivity contribution is 0.133. The van der Waals surface area contributed by atoms with E-state index in [1.807, 2.05) is 0 Å². The van der Waals surface area contributed by atoms with E-state index in [-0.39, 0.29) is 0 Å². The van der Waals surface area contributed by atoms with E-state index in [4.69, 9.17) is 17.0 Å². The number of H-pyrrole nitrogens is 1. The zero-order valence-corrected chi connectivity index (χ0v) is 14.0. The number of anilines is 2. The van der Waals surface area contributed by atoms with Gasteiger partial charge in [0.15, 0.2) is 4.77 Å². The van der Waals surface area contributed by atoms with Gasteiger partial charge in [0.1, 0.15) is 5.82 Å². The predicted molar refractivity (Wildman–Crippen MR) is 97.1 cm³/mol. The Morgan fingerprint density at radius 1 is 1.08 bits per heavy atom. The van der Waals surface area contributed by atoms with Crippen molar-refractivity contribution >= 4 is 34.5 Å². The average Bonchev–Trinajstić information content (AvgIpc) is 3.32. The van der Waals surface area contributed by atoms with E-state index in [9.17, 15) is 0 Å². The fourth-order valence-electron chi connectivity index (χ4n) is 3.49. The number of benzene rings is 2. The Bertz CT molecular complexity index is 1010. The first kappa shape index (κ1) is 14.1. The highest BCUT2D eigenvalue weighted by atomic mass is 32.1. The molecule has 1 fully saturated rings. The van der Waals surface area contributed by atoms with Gasteiger partial charge in [-0.2, -0.15) is 0 Å². The summed E-state index contributed by atoms with van der Waals surface area (Å²) in [6.45, 7) is 1.13. The van der Waals surface area contributed by atoms with Gasteiger partial charge in [0.2, 0.25) is 0 Å². The quantitative estimate of drug-likeness (QED) is 0.665. The summed E-state index contributed by atoms with van der Waals surface area (Å²) in [5.74, 6) is 1.53. The summed E-state index contributed by atoms with van der Waals surface area (Å²) in [5.41, 5.74) is 4.62. The smallest absolute Gasteiger partial charge is 0.199 e. The van der Waals surface area contributed by atoms with E-state index in [1.165, 1.54) is 29.2 Å². The molecule has 120 valence electrons. The van der Waals surface area contributed by atoms with Gasteiger partial charge in [-0.25, -0.2) is 4.98 Å². The summed E-state index contributed by atoms with van der Waals surface area (Å²) in [6, 6.07) is 13.0. The van der Waals surface area contributed by atoms with Crippen molar-refractivity contribution in [2.24, 2.45) is 0 Å². The molecule has 0 radical (unpaired) electrons. The molecule has 5 heteroatoms. The molecule has 1 aromatic heterocycles. The summed E-state index contributed by atoms with van der Waals surface area (Å²) >= 11 is 5.25. The first-order valence-electron chi connectivity index (χ1n) is 8.28. The fraction of sp³-hybridized carbons (Fsp3) is 0.263. The molecular formula is C19H17N3OS. The lowest BCUT2D eigenvalue weighted by Crippen LogP contribution is -2.02. The first-order valence-corrected chi connectivity index (χ1v) is 8.69. The Balaban J connectivity index is 1.64. The number of aromatic amines is 1. The van der Waals surface area contributed by atoms with Crippen molar-refractivity contribution in [3.8, 4) is 0 Å². The Kier molecular flexibility index (Phi) is 3.18. The maximum absolute atomic E-state index is 5.54. The van der Waals surface area contributed by atoms with Gasteiger partial charge in [-0.1, -0.05) is 30.3 Å². The molecule has 24 heavy (non-hydrogen) atoms. The van der Waals surface area contributed by atoms with Crippen molar-refractivity contribution < 1.29 is 4.74 Å². The van der Waals surface area contributed by atoms with Gasteiger partial charge in [-0.3, -0.25) is 0 Å². The molecule has 1 aliphatic heterocycles. The maximum atomic E-state index is 5.54. The van der Waals surface area contributed by atoms with Crippen LogP contribution in [0.25, 0.3) is 10.8 Å². The molecule has 1 aliphatic carbocycles. The molecule has 2 aliphatic rings. The van der Waals surface area contributed by atoms with E-state index in [2.05, 4.69) is 51.7 Å². The monoisotopic (exact) mass is 335 g/mol. The molecule has 0 bridgehead atoms. The average molecular weight is 335 g/mol. The van der Waals surface area contributed by atoms with Crippen LogP contribution in [0.3, 0.4) is 0 Å². The Morgan fingerprint density at radius 2 is 1.92 bits per heavy atom. The molecule has 1 saturated carbocycles. The van der Waals surface area contributed by atoms with E-state index >= 15 is 0 Å². The second-order valence-electron chi connectivity index (χ2n) is 6.49. The van der Waals surface area contributed by atoms with Crippen LogP contribution in [0.1, 0.15) is 35.6 Å². The SMILES string of the molecule is S=c1nc(Nc2ccc(C3CC3)c3ccccc23)c2c([nH]1)COC2. The molecule has 0 spiro atoms. The van der Waals surface area contributed by atoms with E-state index in [0.717, 1.165) is 28.7 Å². The Hall–Kier alpha value is -2.24. The highest BCUT2D eigenvalue weighted by molar-refractivity contribution is 7.71. The van der Waals surface area contributed by atoms with Gasteiger partial charge >= 0.3 is 0 Å². The summed E-state index contributed by atoms with van der Waals surface area (Å²) < 4.78 is 6.02. The number of nitrogens with one attached hydrogen (secondary N) is 2. The van der Waals surface area contributed by atoms with Gasteiger partial charge in [-0.15, -0.1) is 0 Å². The largest absolute Gasteiger partial charge is 0.370 e. The van der Waals surface area contributed by atoms with Crippen LogP contribution in [0, 0.1) is 4.77 Å². The summed E-state index contributed by atoms with van der Waals surface area (Å²) in [7, 11) is 0. The van der Waals surface area contributed by atoms with Crippen LogP contribution in [0.5, 0.6) is 0 Å². The van der Waals surface area contributed by atoms with Gasteiger partial charge in [0, 0.05) is 16.6 Å². The highest BCUT2D eigenvalue weighted by Gasteiger charge is 2.26. The minimum Gasteiger partial charge on any atom is -0.370 e. The zero-order chi connectivity index (χ0) is 16.1. The number of rotatable bonds is 3.